The monoisotopic (exact) mass is 266 g/mol. The molecule has 3 heteroatoms. The highest BCUT2D eigenvalue weighted by atomic mass is 16.3. The van der Waals surface area contributed by atoms with Crippen molar-refractivity contribution in [2.45, 2.75) is 83.8 Å². The largest absolute Gasteiger partial charge is 0.393 e. The molecule has 110 valence electrons. The van der Waals surface area contributed by atoms with Crippen LogP contribution in [-0.2, 0) is 6.54 Å². The Morgan fingerprint density at radius 1 is 1.00 bits per heavy atom. The van der Waals surface area contributed by atoms with E-state index in [1.807, 2.05) is 12.5 Å². The van der Waals surface area contributed by atoms with Crippen LogP contribution in [0.2, 0.25) is 0 Å². The van der Waals surface area contributed by atoms with Gasteiger partial charge in [-0.1, -0.05) is 51.9 Å². The number of hydrogen-bond donors (Lipinski definition) is 1. The van der Waals surface area contributed by atoms with E-state index in [4.69, 9.17) is 0 Å². The number of unbranched alkanes of at least 4 members (excludes halogenated alkanes) is 6. The molecule has 1 N–H and O–H groups in total. The first kappa shape index (κ1) is 16.2. The number of rotatable bonds is 12. The maximum atomic E-state index is 9.89. The van der Waals surface area contributed by atoms with Crippen LogP contribution in [0.25, 0.3) is 0 Å². The topological polar surface area (TPSA) is 38.0 Å². The second-order valence-electron chi connectivity index (χ2n) is 5.51. The Morgan fingerprint density at radius 2 is 1.68 bits per heavy atom. The van der Waals surface area contributed by atoms with Gasteiger partial charge in [0.1, 0.15) is 0 Å². The molecule has 0 aliphatic rings. The van der Waals surface area contributed by atoms with Gasteiger partial charge in [-0.25, -0.2) is 4.98 Å². The first-order valence-electron chi connectivity index (χ1n) is 7.96. The van der Waals surface area contributed by atoms with Crippen LogP contribution in [0.1, 0.15) is 71.1 Å². The summed E-state index contributed by atoms with van der Waals surface area (Å²) in [5.41, 5.74) is 0. The van der Waals surface area contributed by atoms with Gasteiger partial charge in [0.2, 0.25) is 0 Å². The van der Waals surface area contributed by atoms with E-state index in [0.29, 0.717) is 0 Å². The van der Waals surface area contributed by atoms with E-state index in [9.17, 15) is 5.11 Å². The van der Waals surface area contributed by atoms with Crippen LogP contribution < -0.4 is 0 Å². The minimum atomic E-state index is -0.112. The van der Waals surface area contributed by atoms with E-state index >= 15 is 0 Å². The Bertz CT molecular complexity index is 285. The lowest BCUT2D eigenvalue weighted by atomic mass is 10.0. The number of aliphatic hydroxyl groups excluding tert-OH is 1. The molecule has 0 bridgehead atoms. The predicted octanol–water partition coefficient (Wildman–Crippen LogP) is 4.16. The molecular weight excluding hydrogens is 236 g/mol. The molecule has 1 aromatic heterocycles. The molecule has 0 aromatic carbocycles. The van der Waals surface area contributed by atoms with Crippen molar-refractivity contribution in [1.29, 1.82) is 0 Å². The lowest BCUT2D eigenvalue weighted by molar-refractivity contribution is 0.146. The minimum absolute atomic E-state index is 0.112. The van der Waals surface area contributed by atoms with Gasteiger partial charge in [-0.3, -0.25) is 0 Å². The van der Waals surface area contributed by atoms with Crippen LogP contribution >= 0.6 is 0 Å². The number of aromatic nitrogens is 2. The molecule has 0 aliphatic carbocycles. The normalized spacial score (nSPS) is 12.7. The van der Waals surface area contributed by atoms with Gasteiger partial charge in [-0.2, -0.15) is 0 Å². The molecule has 1 aromatic rings. The average molecular weight is 266 g/mol. The zero-order chi connectivity index (χ0) is 13.8. The average Bonchev–Trinajstić information content (AvgIpc) is 2.91. The summed E-state index contributed by atoms with van der Waals surface area (Å²) in [6.07, 6.45) is 17.6. The molecule has 0 amide bonds. The summed E-state index contributed by atoms with van der Waals surface area (Å²) < 4.78 is 2.07. The maximum Gasteiger partial charge on any atom is 0.0945 e. The maximum absolute atomic E-state index is 9.89. The number of hydrogen-bond acceptors (Lipinski definition) is 2. The lowest BCUT2D eigenvalue weighted by Gasteiger charge is -2.10. The van der Waals surface area contributed by atoms with Gasteiger partial charge in [0.05, 0.1) is 12.4 Å². The molecule has 0 fully saturated rings. The van der Waals surface area contributed by atoms with E-state index in [1.165, 1.54) is 44.9 Å². The minimum Gasteiger partial charge on any atom is -0.393 e. The van der Waals surface area contributed by atoms with Crippen molar-refractivity contribution in [3.63, 3.8) is 0 Å². The van der Waals surface area contributed by atoms with Gasteiger partial charge in [0.15, 0.2) is 0 Å². The highest BCUT2D eigenvalue weighted by Gasteiger charge is 2.03. The van der Waals surface area contributed by atoms with Gasteiger partial charge in [-0.15, -0.1) is 0 Å². The third kappa shape index (κ3) is 8.82. The molecule has 1 heterocycles. The lowest BCUT2D eigenvalue weighted by Crippen LogP contribution is -2.08. The highest BCUT2D eigenvalue weighted by Crippen LogP contribution is 2.12. The fraction of sp³-hybridized carbons (Fsp3) is 0.812. The molecule has 1 unspecified atom stereocenters. The van der Waals surface area contributed by atoms with Crippen molar-refractivity contribution < 1.29 is 5.11 Å². The first-order chi connectivity index (χ1) is 9.33. The van der Waals surface area contributed by atoms with Crippen molar-refractivity contribution in [3.05, 3.63) is 18.7 Å². The second-order valence-corrected chi connectivity index (χ2v) is 5.51. The summed E-state index contributed by atoms with van der Waals surface area (Å²) in [6.45, 7) is 3.22. The molecule has 19 heavy (non-hydrogen) atoms. The van der Waals surface area contributed by atoms with Crippen LogP contribution in [0, 0.1) is 0 Å². The van der Waals surface area contributed by atoms with Gasteiger partial charge in [0.25, 0.3) is 0 Å². The Labute approximate surface area is 118 Å². The smallest absolute Gasteiger partial charge is 0.0945 e. The number of aryl methyl sites for hydroxylation is 1. The molecular formula is C16H30N2O. The van der Waals surface area contributed by atoms with Crippen LogP contribution in [0.4, 0.5) is 0 Å². The van der Waals surface area contributed by atoms with Crippen molar-refractivity contribution in [2.75, 3.05) is 0 Å². The van der Waals surface area contributed by atoms with E-state index in [-0.39, 0.29) is 6.10 Å². The van der Waals surface area contributed by atoms with Crippen LogP contribution in [-0.4, -0.2) is 20.8 Å². The van der Waals surface area contributed by atoms with Crippen molar-refractivity contribution in [1.82, 2.24) is 9.55 Å². The van der Waals surface area contributed by atoms with Gasteiger partial charge >= 0.3 is 0 Å². The number of imidazole rings is 1. The first-order valence-corrected chi connectivity index (χ1v) is 7.96. The van der Waals surface area contributed by atoms with Crippen LogP contribution in [0.5, 0.6) is 0 Å². The van der Waals surface area contributed by atoms with Crippen LogP contribution in [0.15, 0.2) is 18.7 Å². The number of nitrogens with zero attached hydrogens (tertiary/aromatic N) is 2. The van der Waals surface area contributed by atoms with Gasteiger partial charge in [0, 0.05) is 18.9 Å². The summed E-state index contributed by atoms with van der Waals surface area (Å²) in [5, 5.41) is 9.89. The molecule has 3 nitrogen and oxygen atoms in total. The Kier molecular flexibility index (Phi) is 9.42. The van der Waals surface area contributed by atoms with E-state index < -0.39 is 0 Å². The molecule has 0 spiro atoms. The molecule has 0 radical (unpaired) electrons. The molecule has 0 aliphatic heterocycles. The van der Waals surface area contributed by atoms with Gasteiger partial charge < -0.3 is 9.67 Å². The highest BCUT2D eigenvalue weighted by molar-refractivity contribution is 4.73. The molecule has 1 atom stereocenters. The third-order valence-corrected chi connectivity index (χ3v) is 3.65. The fourth-order valence-electron chi connectivity index (χ4n) is 2.41. The molecule has 0 saturated carbocycles. The second kappa shape index (κ2) is 11.0. The summed E-state index contributed by atoms with van der Waals surface area (Å²) in [7, 11) is 0. The van der Waals surface area contributed by atoms with Crippen molar-refractivity contribution in [2.24, 2.45) is 0 Å². The summed E-state index contributed by atoms with van der Waals surface area (Å²) in [5.74, 6) is 0. The SMILES string of the molecule is CCCCCCCCCC(O)CCCn1ccnc1. The summed E-state index contributed by atoms with van der Waals surface area (Å²) in [4.78, 5) is 4.01. The summed E-state index contributed by atoms with van der Waals surface area (Å²) in [6, 6.07) is 0. The third-order valence-electron chi connectivity index (χ3n) is 3.65. The zero-order valence-electron chi connectivity index (χ0n) is 12.4. The van der Waals surface area contributed by atoms with Crippen molar-refractivity contribution >= 4 is 0 Å². The van der Waals surface area contributed by atoms with Gasteiger partial charge in [-0.05, 0) is 19.3 Å². The fourth-order valence-corrected chi connectivity index (χ4v) is 2.41. The zero-order valence-corrected chi connectivity index (χ0v) is 12.4. The Morgan fingerprint density at radius 3 is 2.37 bits per heavy atom. The van der Waals surface area contributed by atoms with Crippen molar-refractivity contribution in [3.8, 4) is 0 Å². The standard InChI is InChI=1S/C16H30N2O/c1-2-3-4-5-6-7-8-10-16(19)11-9-13-18-14-12-17-15-18/h12,14-16,19H,2-11,13H2,1H3. The molecule has 1 rings (SSSR count). The van der Waals surface area contributed by atoms with E-state index in [0.717, 1.165) is 25.8 Å². The quantitative estimate of drug-likeness (QED) is 0.577. The predicted molar refractivity (Wildman–Crippen MR) is 80.1 cm³/mol. The Balaban J connectivity index is 1.86. The molecule has 0 saturated heterocycles. The Hall–Kier alpha value is -0.830. The number of aliphatic hydroxyl groups is 1. The van der Waals surface area contributed by atoms with Crippen LogP contribution in [0.3, 0.4) is 0 Å². The summed E-state index contributed by atoms with van der Waals surface area (Å²) >= 11 is 0. The van der Waals surface area contributed by atoms with E-state index in [1.54, 1.807) is 6.20 Å². The van der Waals surface area contributed by atoms with E-state index in [2.05, 4.69) is 16.5 Å².